The fourth-order valence-corrected chi connectivity index (χ4v) is 4.48. The van der Waals surface area contributed by atoms with Crippen LogP contribution in [0.3, 0.4) is 0 Å². The molecule has 0 saturated carbocycles. The molecule has 0 unspecified atom stereocenters. The van der Waals surface area contributed by atoms with Crippen LogP contribution in [0.2, 0.25) is 0 Å². The second kappa shape index (κ2) is 8.93. The number of likely N-dealkylation sites (tertiary alicyclic amines) is 1. The molecule has 0 spiro atoms. The van der Waals surface area contributed by atoms with Crippen molar-refractivity contribution in [2.24, 2.45) is 0 Å². The summed E-state index contributed by atoms with van der Waals surface area (Å²) in [6, 6.07) is 4.22. The van der Waals surface area contributed by atoms with Gasteiger partial charge < -0.3 is 5.32 Å². The van der Waals surface area contributed by atoms with Gasteiger partial charge >= 0.3 is 0 Å². The van der Waals surface area contributed by atoms with E-state index in [9.17, 15) is 13.2 Å². The molecule has 1 aliphatic heterocycles. The van der Waals surface area contributed by atoms with E-state index < -0.39 is 10.0 Å². The number of carbonyl (C=O) groups excluding carboxylic acids is 1. The van der Waals surface area contributed by atoms with E-state index >= 15 is 0 Å². The van der Waals surface area contributed by atoms with Crippen LogP contribution in [0, 0.1) is 0 Å². The average molecular weight is 386 g/mol. The van der Waals surface area contributed by atoms with Gasteiger partial charge in [0.05, 0.1) is 10.6 Å². The largest absolute Gasteiger partial charge is 0.350 e. The maximum Gasteiger partial charge on any atom is 0.261 e. The predicted molar refractivity (Wildman–Crippen MR) is 102 cm³/mol. The van der Waals surface area contributed by atoms with Crippen LogP contribution in [-0.2, 0) is 10.0 Å². The van der Waals surface area contributed by atoms with Gasteiger partial charge in [-0.25, -0.2) is 13.1 Å². The third-order valence-corrected chi connectivity index (χ3v) is 6.79. The molecule has 0 bridgehead atoms. The van der Waals surface area contributed by atoms with Gasteiger partial charge in [-0.15, -0.1) is 11.3 Å². The molecule has 8 heteroatoms. The number of amides is 1. The highest BCUT2D eigenvalue weighted by Gasteiger charge is 2.27. The van der Waals surface area contributed by atoms with Crippen molar-refractivity contribution in [3.8, 4) is 0 Å². The van der Waals surface area contributed by atoms with Gasteiger partial charge in [0.15, 0.2) is 0 Å². The molecule has 0 aliphatic carbocycles. The molecular formula is C17H27N3O3S2. The maximum atomic E-state index is 12.2. The minimum Gasteiger partial charge on any atom is -0.350 e. The Labute approximate surface area is 154 Å². The molecular weight excluding hydrogens is 358 g/mol. The van der Waals surface area contributed by atoms with Crippen LogP contribution >= 0.6 is 11.3 Å². The lowest BCUT2D eigenvalue weighted by atomic mass is 10.2. The number of hydrogen-bond acceptors (Lipinski definition) is 5. The molecule has 2 heterocycles. The molecule has 1 fully saturated rings. The highest BCUT2D eigenvalue weighted by Crippen LogP contribution is 2.35. The Kier molecular flexibility index (Phi) is 7.18. The van der Waals surface area contributed by atoms with Crippen molar-refractivity contribution >= 4 is 27.3 Å². The smallest absolute Gasteiger partial charge is 0.261 e. The third kappa shape index (κ3) is 5.91. The number of allylic oxidation sites excluding steroid dienone is 1. The van der Waals surface area contributed by atoms with E-state index in [2.05, 4.69) is 34.9 Å². The van der Waals surface area contributed by atoms with Gasteiger partial charge in [-0.3, -0.25) is 9.69 Å². The summed E-state index contributed by atoms with van der Waals surface area (Å²) in [5.41, 5.74) is 1.31. The summed E-state index contributed by atoms with van der Waals surface area (Å²) in [5, 5.41) is 2.67. The number of thiophene rings is 1. The minimum atomic E-state index is -3.30. The first-order chi connectivity index (χ1) is 11.8. The Morgan fingerprint density at radius 3 is 2.84 bits per heavy atom. The number of rotatable bonds is 8. The lowest BCUT2D eigenvalue weighted by molar-refractivity contribution is 0.0960. The van der Waals surface area contributed by atoms with Crippen LogP contribution in [0.1, 0.15) is 47.3 Å². The van der Waals surface area contributed by atoms with Crippen molar-refractivity contribution in [2.45, 2.75) is 32.7 Å². The first-order valence-corrected chi connectivity index (χ1v) is 11.0. The summed E-state index contributed by atoms with van der Waals surface area (Å²) in [4.78, 5) is 16.5. The molecule has 2 rings (SSSR count). The molecule has 1 aromatic heterocycles. The van der Waals surface area contributed by atoms with Gasteiger partial charge in [-0.1, -0.05) is 11.6 Å². The average Bonchev–Trinajstić information content (AvgIpc) is 3.21. The van der Waals surface area contributed by atoms with E-state index in [-0.39, 0.29) is 18.2 Å². The summed E-state index contributed by atoms with van der Waals surface area (Å²) in [7, 11) is -1.93. The van der Waals surface area contributed by atoms with Crippen LogP contribution in [0.5, 0.6) is 0 Å². The Bertz CT molecular complexity index is 721. The minimum absolute atomic E-state index is 0.103. The zero-order valence-corrected chi connectivity index (χ0v) is 16.7. The fraction of sp³-hybridized carbons (Fsp3) is 0.588. The van der Waals surface area contributed by atoms with Gasteiger partial charge in [0.2, 0.25) is 10.0 Å². The first kappa shape index (κ1) is 20.1. The zero-order valence-electron chi connectivity index (χ0n) is 15.0. The second-order valence-corrected chi connectivity index (χ2v) is 9.58. The summed E-state index contributed by atoms with van der Waals surface area (Å²) >= 11 is 1.50. The highest BCUT2D eigenvalue weighted by molar-refractivity contribution is 7.89. The lowest BCUT2D eigenvalue weighted by Gasteiger charge is -2.22. The standard InChI is InChI=1S/C17H27N3O3S2/c1-13(2)8-11-20-10-4-5-14(20)15-6-7-16(24-15)17(21)19-9-12-25(22,23)18-3/h6-8,14,18H,4-5,9-12H2,1-3H3,(H,19,21)/t14-/m0/s1. The number of nitrogens with one attached hydrogen (secondary N) is 2. The van der Waals surface area contributed by atoms with E-state index in [1.807, 2.05) is 12.1 Å². The fourth-order valence-electron chi connectivity index (χ4n) is 2.81. The van der Waals surface area contributed by atoms with E-state index in [0.717, 1.165) is 19.5 Å². The molecule has 25 heavy (non-hydrogen) atoms. The van der Waals surface area contributed by atoms with E-state index in [1.165, 1.54) is 35.3 Å². The zero-order chi connectivity index (χ0) is 18.4. The number of carbonyl (C=O) groups is 1. The summed E-state index contributed by atoms with van der Waals surface area (Å²) in [5.74, 6) is -0.330. The predicted octanol–water partition coefficient (Wildman–Crippen LogP) is 2.13. The van der Waals surface area contributed by atoms with E-state index in [4.69, 9.17) is 0 Å². The van der Waals surface area contributed by atoms with Crippen molar-refractivity contribution in [1.82, 2.24) is 14.9 Å². The van der Waals surface area contributed by atoms with Crippen LogP contribution in [0.15, 0.2) is 23.8 Å². The third-order valence-electron chi connectivity index (χ3n) is 4.24. The monoisotopic (exact) mass is 385 g/mol. The van der Waals surface area contributed by atoms with Crippen molar-refractivity contribution in [3.05, 3.63) is 33.5 Å². The Morgan fingerprint density at radius 1 is 1.40 bits per heavy atom. The van der Waals surface area contributed by atoms with Crippen molar-refractivity contribution in [3.63, 3.8) is 0 Å². The molecule has 6 nitrogen and oxygen atoms in total. The van der Waals surface area contributed by atoms with E-state index in [0.29, 0.717) is 10.9 Å². The van der Waals surface area contributed by atoms with E-state index in [1.54, 1.807) is 0 Å². The topological polar surface area (TPSA) is 78.5 Å². The first-order valence-electron chi connectivity index (χ1n) is 8.49. The van der Waals surface area contributed by atoms with Crippen molar-refractivity contribution < 1.29 is 13.2 Å². The van der Waals surface area contributed by atoms with Crippen LogP contribution in [0.4, 0.5) is 0 Å². The molecule has 2 N–H and O–H groups in total. The molecule has 140 valence electrons. The van der Waals surface area contributed by atoms with Gasteiger partial charge in [0.1, 0.15) is 0 Å². The lowest BCUT2D eigenvalue weighted by Crippen LogP contribution is -2.32. The van der Waals surface area contributed by atoms with Gasteiger partial charge in [-0.05, 0) is 52.4 Å². The highest BCUT2D eigenvalue weighted by atomic mass is 32.2. The number of hydrogen-bond donors (Lipinski definition) is 2. The molecule has 1 amide bonds. The number of sulfonamides is 1. The second-order valence-electron chi connectivity index (χ2n) is 6.42. The molecule has 0 aromatic carbocycles. The van der Waals surface area contributed by atoms with Gasteiger partial charge in [0.25, 0.3) is 5.91 Å². The van der Waals surface area contributed by atoms with Crippen molar-refractivity contribution in [1.29, 1.82) is 0 Å². The normalized spacial score (nSPS) is 18.3. The van der Waals surface area contributed by atoms with Crippen molar-refractivity contribution in [2.75, 3.05) is 32.4 Å². The van der Waals surface area contributed by atoms with Crippen LogP contribution < -0.4 is 10.0 Å². The maximum absolute atomic E-state index is 12.2. The van der Waals surface area contributed by atoms with Gasteiger partial charge in [0, 0.05) is 24.0 Å². The SMILES string of the molecule is CNS(=O)(=O)CCNC(=O)c1ccc([C@@H]2CCCN2CC=C(C)C)s1. The summed E-state index contributed by atoms with van der Waals surface area (Å²) < 4.78 is 25.0. The molecule has 1 aromatic rings. The Balaban J connectivity index is 1.94. The number of nitrogens with zero attached hydrogens (tertiary/aromatic N) is 1. The molecule has 0 radical (unpaired) electrons. The Morgan fingerprint density at radius 2 is 2.16 bits per heavy atom. The quantitative estimate of drug-likeness (QED) is 0.672. The summed E-state index contributed by atoms with van der Waals surface area (Å²) in [6.07, 6.45) is 4.52. The molecule has 1 atom stereocenters. The molecule has 1 saturated heterocycles. The molecule has 1 aliphatic rings. The Hall–Kier alpha value is -1.22. The van der Waals surface area contributed by atoms with Crippen LogP contribution in [0.25, 0.3) is 0 Å². The van der Waals surface area contributed by atoms with Gasteiger partial charge in [-0.2, -0.15) is 0 Å². The summed E-state index contributed by atoms with van der Waals surface area (Å²) in [6.45, 7) is 6.33. The van der Waals surface area contributed by atoms with Crippen LogP contribution in [-0.4, -0.2) is 51.7 Å².